The number of carbonyl (C=O) groups is 2. The number of unbranched alkanes of at least 4 members (excludes halogenated alkanes) is 1. The van der Waals surface area contributed by atoms with E-state index in [0.29, 0.717) is 40.4 Å². The van der Waals surface area contributed by atoms with Crippen molar-refractivity contribution in [2.24, 2.45) is 0 Å². The summed E-state index contributed by atoms with van der Waals surface area (Å²) in [6.07, 6.45) is 2.62. The van der Waals surface area contributed by atoms with Gasteiger partial charge in [-0.25, -0.2) is 0 Å². The first-order chi connectivity index (χ1) is 15.3. The minimum absolute atomic E-state index is 0.145. The van der Waals surface area contributed by atoms with Gasteiger partial charge in [0.1, 0.15) is 11.8 Å². The van der Waals surface area contributed by atoms with Crippen molar-refractivity contribution in [2.45, 2.75) is 52.1 Å². The first kappa shape index (κ1) is 26.3. The maximum atomic E-state index is 13.1. The number of rotatable bonds is 12. The minimum atomic E-state index is -0.636. The first-order valence-electron chi connectivity index (χ1n) is 10.7. The summed E-state index contributed by atoms with van der Waals surface area (Å²) < 4.78 is 5.67. The van der Waals surface area contributed by atoms with E-state index in [1.54, 1.807) is 54.3 Å². The van der Waals surface area contributed by atoms with Crippen molar-refractivity contribution in [3.05, 3.63) is 63.1 Å². The van der Waals surface area contributed by atoms with Crippen molar-refractivity contribution in [3.8, 4) is 5.75 Å². The van der Waals surface area contributed by atoms with Gasteiger partial charge in [0.2, 0.25) is 11.8 Å². The summed E-state index contributed by atoms with van der Waals surface area (Å²) in [6, 6.07) is 11.5. The molecule has 2 rings (SSSR count). The monoisotopic (exact) mass is 498 g/mol. The molecular formula is C24H29Cl3N2O3. The highest BCUT2D eigenvalue weighted by Gasteiger charge is 2.26. The molecule has 0 spiro atoms. The number of nitrogens with zero attached hydrogens (tertiary/aromatic N) is 1. The molecular weight excluding hydrogens is 471 g/mol. The maximum Gasteiger partial charge on any atom is 0.242 e. The molecule has 1 atom stereocenters. The average molecular weight is 500 g/mol. The van der Waals surface area contributed by atoms with E-state index >= 15 is 0 Å². The topological polar surface area (TPSA) is 58.6 Å². The molecule has 0 unspecified atom stereocenters. The van der Waals surface area contributed by atoms with E-state index in [2.05, 4.69) is 12.2 Å². The molecule has 32 heavy (non-hydrogen) atoms. The average Bonchev–Trinajstić information content (AvgIpc) is 2.77. The maximum absolute atomic E-state index is 13.1. The third-order valence-corrected chi connectivity index (χ3v) is 5.81. The van der Waals surface area contributed by atoms with Gasteiger partial charge in [-0.2, -0.15) is 0 Å². The largest absolute Gasteiger partial charge is 0.494 e. The molecule has 0 saturated heterocycles. The summed E-state index contributed by atoms with van der Waals surface area (Å²) in [4.78, 5) is 27.3. The van der Waals surface area contributed by atoms with Crippen molar-refractivity contribution in [1.82, 2.24) is 10.2 Å². The zero-order chi connectivity index (χ0) is 23.5. The fraction of sp³-hybridized carbons (Fsp3) is 0.417. The van der Waals surface area contributed by atoms with E-state index in [1.165, 1.54) is 0 Å². The number of amides is 2. The molecule has 1 N–H and O–H groups in total. The Morgan fingerprint density at radius 3 is 2.38 bits per heavy atom. The van der Waals surface area contributed by atoms with Crippen LogP contribution >= 0.6 is 34.8 Å². The number of halogens is 3. The fourth-order valence-corrected chi connectivity index (χ4v) is 3.63. The van der Waals surface area contributed by atoms with Gasteiger partial charge in [0.15, 0.2) is 0 Å². The molecule has 0 aliphatic carbocycles. The molecule has 0 saturated carbocycles. The predicted molar refractivity (Wildman–Crippen MR) is 131 cm³/mol. The van der Waals surface area contributed by atoms with Crippen LogP contribution in [-0.2, 0) is 16.1 Å². The quantitative estimate of drug-likeness (QED) is 0.357. The second-order valence-corrected chi connectivity index (χ2v) is 8.76. The lowest BCUT2D eigenvalue weighted by atomic mass is 10.1. The van der Waals surface area contributed by atoms with Crippen molar-refractivity contribution in [3.63, 3.8) is 0 Å². The van der Waals surface area contributed by atoms with Gasteiger partial charge in [-0.3, -0.25) is 9.59 Å². The van der Waals surface area contributed by atoms with Gasteiger partial charge in [-0.05, 0) is 61.7 Å². The van der Waals surface area contributed by atoms with Gasteiger partial charge < -0.3 is 15.0 Å². The fourth-order valence-electron chi connectivity index (χ4n) is 3.04. The third-order valence-electron chi connectivity index (χ3n) is 4.97. The highest BCUT2D eigenvalue weighted by atomic mass is 35.5. The van der Waals surface area contributed by atoms with Crippen LogP contribution < -0.4 is 10.1 Å². The lowest BCUT2D eigenvalue weighted by Gasteiger charge is -2.29. The van der Waals surface area contributed by atoms with Gasteiger partial charge >= 0.3 is 0 Å². The van der Waals surface area contributed by atoms with E-state index < -0.39 is 6.04 Å². The Morgan fingerprint density at radius 2 is 1.72 bits per heavy atom. The van der Waals surface area contributed by atoms with Crippen LogP contribution in [0.5, 0.6) is 5.75 Å². The second-order valence-electron chi connectivity index (χ2n) is 7.48. The molecule has 174 valence electrons. The van der Waals surface area contributed by atoms with Crippen molar-refractivity contribution in [1.29, 1.82) is 0 Å². The predicted octanol–water partition coefficient (Wildman–Crippen LogP) is 6.14. The Balaban J connectivity index is 2.01. The summed E-state index contributed by atoms with van der Waals surface area (Å²) in [7, 11) is 0. The molecule has 2 aromatic rings. The number of hydrogen-bond acceptors (Lipinski definition) is 3. The van der Waals surface area contributed by atoms with Crippen LogP contribution in [0.2, 0.25) is 15.1 Å². The van der Waals surface area contributed by atoms with Gasteiger partial charge in [0, 0.05) is 34.6 Å². The standard InChI is InChI=1S/C24H29Cl3N2O3/c1-3-4-13-28-24(31)17(2)29(16-18-7-8-20(26)15-22(18)27)23(30)6-5-14-32-21-11-9-19(25)10-12-21/h7-12,15,17H,3-6,13-14,16H2,1-2H3,(H,28,31)/t17-/m1/s1. The molecule has 0 aromatic heterocycles. The van der Waals surface area contributed by atoms with Crippen LogP contribution in [0.15, 0.2) is 42.5 Å². The van der Waals surface area contributed by atoms with E-state index in [9.17, 15) is 9.59 Å². The summed E-state index contributed by atoms with van der Waals surface area (Å²) in [6.45, 7) is 4.96. The molecule has 0 aliphatic rings. The molecule has 0 bridgehead atoms. The van der Waals surface area contributed by atoms with Gasteiger partial charge in [0.25, 0.3) is 0 Å². The number of ether oxygens (including phenoxy) is 1. The van der Waals surface area contributed by atoms with E-state index in [1.807, 2.05) is 0 Å². The molecule has 0 heterocycles. The highest BCUT2D eigenvalue weighted by molar-refractivity contribution is 6.35. The minimum Gasteiger partial charge on any atom is -0.494 e. The van der Waals surface area contributed by atoms with Gasteiger partial charge in [-0.1, -0.05) is 54.2 Å². The van der Waals surface area contributed by atoms with E-state index in [-0.39, 0.29) is 24.8 Å². The normalized spacial score (nSPS) is 11.7. The summed E-state index contributed by atoms with van der Waals surface area (Å²) >= 11 is 18.2. The summed E-state index contributed by atoms with van der Waals surface area (Å²) in [5.41, 5.74) is 0.732. The molecule has 0 radical (unpaired) electrons. The zero-order valence-electron chi connectivity index (χ0n) is 18.4. The lowest BCUT2D eigenvalue weighted by molar-refractivity contribution is -0.140. The third kappa shape index (κ3) is 8.53. The number of carbonyl (C=O) groups excluding carboxylic acids is 2. The van der Waals surface area contributed by atoms with Crippen LogP contribution in [0.3, 0.4) is 0 Å². The van der Waals surface area contributed by atoms with E-state index in [4.69, 9.17) is 39.5 Å². The summed E-state index contributed by atoms with van der Waals surface area (Å²) in [5, 5.41) is 4.51. The van der Waals surface area contributed by atoms with Crippen LogP contribution in [0.4, 0.5) is 0 Å². The van der Waals surface area contributed by atoms with Crippen LogP contribution in [0.25, 0.3) is 0 Å². The number of hydrogen-bond donors (Lipinski definition) is 1. The number of nitrogens with one attached hydrogen (secondary N) is 1. The molecule has 5 nitrogen and oxygen atoms in total. The summed E-state index contributed by atoms with van der Waals surface area (Å²) in [5.74, 6) is 0.360. The molecule has 0 fully saturated rings. The Morgan fingerprint density at radius 1 is 1.03 bits per heavy atom. The Hall–Kier alpha value is -1.95. The Kier molecular flexibility index (Phi) is 11.1. The van der Waals surface area contributed by atoms with Crippen molar-refractivity contribution < 1.29 is 14.3 Å². The Labute approximate surface area is 205 Å². The highest BCUT2D eigenvalue weighted by Crippen LogP contribution is 2.24. The first-order valence-corrected chi connectivity index (χ1v) is 11.8. The molecule has 8 heteroatoms. The van der Waals surface area contributed by atoms with Crippen LogP contribution in [-0.4, -0.2) is 35.9 Å². The molecule has 0 aliphatic heterocycles. The van der Waals surface area contributed by atoms with E-state index in [0.717, 1.165) is 18.4 Å². The van der Waals surface area contributed by atoms with Crippen molar-refractivity contribution in [2.75, 3.05) is 13.2 Å². The zero-order valence-corrected chi connectivity index (χ0v) is 20.6. The SMILES string of the molecule is CCCCNC(=O)[C@@H](C)N(Cc1ccc(Cl)cc1Cl)C(=O)CCCOc1ccc(Cl)cc1. The van der Waals surface area contributed by atoms with Gasteiger partial charge in [0.05, 0.1) is 6.61 Å². The number of benzene rings is 2. The van der Waals surface area contributed by atoms with Crippen LogP contribution in [0, 0.1) is 0 Å². The Bertz CT molecular complexity index is 891. The smallest absolute Gasteiger partial charge is 0.242 e. The molecule has 2 aromatic carbocycles. The second kappa shape index (κ2) is 13.6. The van der Waals surface area contributed by atoms with Crippen LogP contribution in [0.1, 0.15) is 45.1 Å². The van der Waals surface area contributed by atoms with Crippen molar-refractivity contribution >= 4 is 46.6 Å². The molecule has 2 amide bonds. The van der Waals surface area contributed by atoms with Gasteiger partial charge in [-0.15, -0.1) is 0 Å². The lowest BCUT2D eigenvalue weighted by Crippen LogP contribution is -2.47.